The first-order valence-electron chi connectivity index (χ1n) is 21.4. The summed E-state index contributed by atoms with van der Waals surface area (Å²) in [5.41, 5.74) is 0. The highest BCUT2D eigenvalue weighted by molar-refractivity contribution is 5.71. The molecule has 290 valence electrons. The number of esters is 3. The lowest BCUT2D eigenvalue weighted by atomic mass is 10.0. The van der Waals surface area contributed by atoms with E-state index in [2.05, 4.69) is 27.7 Å². The van der Waals surface area contributed by atoms with Crippen LogP contribution in [0.3, 0.4) is 0 Å². The number of hydrogen-bond donors (Lipinski definition) is 0. The van der Waals surface area contributed by atoms with Crippen LogP contribution < -0.4 is 0 Å². The highest BCUT2D eigenvalue weighted by atomic mass is 16.6. The molecule has 0 fully saturated rings. The molecular formula is C43H82O6. The first-order chi connectivity index (χ1) is 23.9. The van der Waals surface area contributed by atoms with Gasteiger partial charge in [0.1, 0.15) is 13.2 Å². The number of carbonyl (C=O) groups is 3. The van der Waals surface area contributed by atoms with E-state index in [1.165, 1.54) is 128 Å². The molecule has 0 heterocycles. The Balaban J connectivity index is 4.26. The maximum Gasteiger partial charge on any atom is 0.306 e. The second-order valence-corrected chi connectivity index (χ2v) is 15.1. The van der Waals surface area contributed by atoms with Gasteiger partial charge in [-0.1, -0.05) is 195 Å². The molecule has 49 heavy (non-hydrogen) atoms. The molecule has 0 aromatic rings. The lowest BCUT2D eigenvalue weighted by molar-refractivity contribution is -0.167. The van der Waals surface area contributed by atoms with Crippen LogP contribution in [0.5, 0.6) is 0 Å². The van der Waals surface area contributed by atoms with Crippen LogP contribution in [0.4, 0.5) is 0 Å². The van der Waals surface area contributed by atoms with E-state index in [1.54, 1.807) is 0 Å². The summed E-state index contributed by atoms with van der Waals surface area (Å²) in [5.74, 6) is -0.0697. The van der Waals surface area contributed by atoms with Gasteiger partial charge in [0.05, 0.1) is 0 Å². The Morgan fingerprint density at radius 1 is 0.388 bits per heavy atom. The smallest absolute Gasteiger partial charge is 0.306 e. The van der Waals surface area contributed by atoms with E-state index in [0.29, 0.717) is 19.3 Å². The quantitative estimate of drug-likeness (QED) is 0.0364. The van der Waals surface area contributed by atoms with Crippen LogP contribution in [0.2, 0.25) is 0 Å². The maximum absolute atomic E-state index is 12.6. The Morgan fingerprint density at radius 2 is 0.673 bits per heavy atom. The Hall–Kier alpha value is -1.59. The lowest BCUT2D eigenvalue weighted by Gasteiger charge is -2.18. The van der Waals surface area contributed by atoms with Gasteiger partial charge in [0.2, 0.25) is 0 Å². The van der Waals surface area contributed by atoms with Crippen molar-refractivity contribution in [2.45, 2.75) is 239 Å². The van der Waals surface area contributed by atoms with Crippen molar-refractivity contribution < 1.29 is 28.6 Å². The van der Waals surface area contributed by atoms with Crippen molar-refractivity contribution in [3.63, 3.8) is 0 Å². The highest BCUT2D eigenvalue weighted by Crippen LogP contribution is 2.15. The van der Waals surface area contributed by atoms with Crippen LogP contribution >= 0.6 is 0 Å². The van der Waals surface area contributed by atoms with Gasteiger partial charge in [-0.25, -0.2) is 0 Å². The van der Waals surface area contributed by atoms with Crippen LogP contribution in [0.1, 0.15) is 233 Å². The standard InChI is InChI=1S/C43H82O6/c1-5-7-9-11-13-14-15-16-17-18-23-26-30-34-41(44)47-37-40(49-43(46)36-32-28-21-12-10-8-6-2)38-48-42(45)35-31-27-24-20-19-22-25-29-33-39(3)4/h39-40H,5-38H2,1-4H3/t40-/m1/s1. The summed E-state index contributed by atoms with van der Waals surface area (Å²) in [5, 5.41) is 0. The minimum atomic E-state index is -0.757. The van der Waals surface area contributed by atoms with E-state index in [1.807, 2.05) is 0 Å². The Bertz CT molecular complexity index is 736. The predicted molar refractivity (Wildman–Crippen MR) is 206 cm³/mol. The molecule has 0 aliphatic rings. The fourth-order valence-electron chi connectivity index (χ4n) is 6.27. The van der Waals surface area contributed by atoms with E-state index in [9.17, 15) is 14.4 Å². The van der Waals surface area contributed by atoms with Crippen molar-refractivity contribution in [1.82, 2.24) is 0 Å². The van der Waals surface area contributed by atoms with Crippen molar-refractivity contribution in [2.24, 2.45) is 5.92 Å². The molecule has 0 saturated heterocycles. The summed E-state index contributed by atoms with van der Waals surface area (Å²) in [6, 6.07) is 0. The molecule has 6 nitrogen and oxygen atoms in total. The largest absolute Gasteiger partial charge is 0.462 e. The van der Waals surface area contributed by atoms with Crippen molar-refractivity contribution in [1.29, 1.82) is 0 Å². The molecular weight excluding hydrogens is 612 g/mol. The van der Waals surface area contributed by atoms with Gasteiger partial charge in [0.15, 0.2) is 6.10 Å². The number of rotatable bonds is 38. The SMILES string of the molecule is CCCCCCCCCCCCCCCC(=O)OC[C@H](COC(=O)CCCCCCCCCCC(C)C)OC(=O)CCCCCCCCC. The van der Waals surface area contributed by atoms with Crippen LogP contribution in [-0.2, 0) is 28.6 Å². The molecule has 0 aromatic heterocycles. The van der Waals surface area contributed by atoms with Crippen molar-refractivity contribution in [2.75, 3.05) is 13.2 Å². The fraction of sp³-hybridized carbons (Fsp3) is 0.930. The zero-order valence-corrected chi connectivity index (χ0v) is 33.1. The zero-order valence-electron chi connectivity index (χ0n) is 33.1. The van der Waals surface area contributed by atoms with Gasteiger partial charge in [0, 0.05) is 19.3 Å². The molecule has 0 saturated carbocycles. The maximum atomic E-state index is 12.6. The average molecular weight is 695 g/mol. The van der Waals surface area contributed by atoms with Gasteiger partial charge in [0.25, 0.3) is 0 Å². The summed E-state index contributed by atoms with van der Waals surface area (Å²) < 4.78 is 16.6. The number of unbranched alkanes of at least 4 members (excludes halogenated alkanes) is 25. The summed E-state index contributed by atoms with van der Waals surface area (Å²) in [4.78, 5) is 37.4. The van der Waals surface area contributed by atoms with Gasteiger partial charge in [-0.3, -0.25) is 14.4 Å². The van der Waals surface area contributed by atoms with E-state index < -0.39 is 6.10 Å². The Kier molecular flexibility index (Phi) is 36.4. The molecule has 0 aliphatic heterocycles. The zero-order chi connectivity index (χ0) is 36.0. The van der Waals surface area contributed by atoms with E-state index in [0.717, 1.165) is 63.7 Å². The third-order valence-electron chi connectivity index (χ3n) is 9.54. The molecule has 0 unspecified atom stereocenters. The minimum Gasteiger partial charge on any atom is -0.462 e. The molecule has 0 aromatic carbocycles. The predicted octanol–water partition coefficient (Wildman–Crippen LogP) is 13.2. The van der Waals surface area contributed by atoms with Crippen LogP contribution in [0.25, 0.3) is 0 Å². The molecule has 0 bridgehead atoms. The summed E-state index contributed by atoms with van der Waals surface area (Å²) >= 11 is 0. The van der Waals surface area contributed by atoms with Crippen molar-refractivity contribution in [3.05, 3.63) is 0 Å². The van der Waals surface area contributed by atoms with Gasteiger partial charge >= 0.3 is 17.9 Å². The van der Waals surface area contributed by atoms with Crippen LogP contribution in [-0.4, -0.2) is 37.2 Å². The number of ether oxygens (including phenoxy) is 3. The van der Waals surface area contributed by atoms with Gasteiger partial charge < -0.3 is 14.2 Å². The highest BCUT2D eigenvalue weighted by Gasteiger charge is 2.19. The van der Waals surface area contributed by atoms with Gasteiger partial charge in [-0.2, -0.15) is 0 Å². The average Bonchev–Trinajstić information content (AvgIpc) is 3.08. The number of carbonyl (C=O) groups excluding carboxylic acids is 3. The Morgan fingerprint density at radius 3 is 1.00 bits per heavy atom. The number of hydrogen-bond acceptors (Lipinski definition) is 6. The monoisotopic (exact) mass is 695 g/mol. The van der Waals surface area contributed by atoms with E-state index in [-0.39, 0.29) is 31.1 Å². The second-order valence-electron chi connectivity index (χ2n) is 15.1. The second kappa shape index (κ2) is 37.7. The molecule has 0 spiro atoms. The van der Waals surface area contributed by atoms with Crippen molar-refractivity contribution in [3.8, 4) is 0 Å². The molecule has 0 aliphatic carbocycles. The fourth-order valence-corrected chi connectivity index (χ4v) is 6.27. The Labute approximate surface area is 304 Å². The molecule has 0 N–H and O–H groups in total. The molecule has 0 rings (SSSR count). The van der Waals surface area contributed by atoms with Gasteiger partial charge in [-0.05, 0) is 25.2 Å². The van der Waals surface area contributed by atoms with E-state index in [4.69, 9.17) is 14.2 Å². The molecule has 1 atom stereocenters. The first kappa shape index (κ1) is 47.4. The third kappa shape index (κ3) is 37.5. The van der Waals surface area contributed by atoms with Crippen molar-refractivity contribution >= 4 is 17.9 Å². The molecule has 0 amide bonds. The van der Waals surface area contributed by atoms with Crippen LogP contribution in [0, 0.1) is 5.92 Å². The minimum absolute atomic E-state index is 0.0650. The normalized spacial score (nSPS) is 11.9. The third-order valence-corrected chi connectivity index (χ3v) is 9.54. The molecule has 0 radical (unpaired) electrons. The van der Waals surface area contributed by atoms with Crippen LogP contribution in [0.15, 0.2) is 0 Å². The van der Waals surface area contributed by atoms with E-state index >= 15 is 0 Å². The molecule has 6 heteroatoms. The summed E-state index contributed by atoms with van der Waals surface area (Å²) in [7, 11) is 0. The topological polar surface area (TPSA) is 78.9 Å². The summed E-state index contributed by atoms with van der Waals surface area (Å²) in [6.07, 6.45) is 35.3. The first-order valence-corrected chi connectivity index (χ1v) is 21.4. The summed E-state index contributed by atoms with van der Waals surface area (Å²) in [6.45, 7) is 8.91. The lowest BCUT2D eigenvalue weighted by Crippen LogP contribution is -2.30. The van der Waals surface area contributed by atoms with Gasteiger partial charge in [-0.15, -0.1) is 0 Å².